The maximum absolute atomic E-state index is 10.1. The Morgan fingerprint density at radius 1 is 0.741 bits per heavy atom. The van der Waals surface area contributed by atoms with Crippen LogP contribution in [0.15, 0.2) is 18.2 Å². The van der Waals surface area contributed by atoms with Gasteiger partial charge in [0, 0.05) is 12.0 Å². The molecule has 2 atom stereocenters. The monoisotopic (exact) mass is 410 g/mol. The van der Waals surface area contributed by atoms with Crippen LogP contribution in [0.4, 0.5) is 0 Å². The summed E-state index contributed by atoms with van der Waals surface area (Å²) < 4.78 is 13.1. The standard InChI is InChI=1S/C22H42O3Si2/c1-16(17(2)23)18-13-19(24-26(9,10)21(3,4)5)15-20(14-18)25-27(11,12)22(6,7)8/h13-17,23H,1-12H3/t16-,17-/m1/s1. The summed E-state index contributed by atoms with van der Waals surface area (Å²) in [6.45, 7) is 26.4. The number of benzene rings is 1. The van der Waals surface area contributed by atoms with Crippen molar-refractivity contribution < 1.29 is 14.0 Å². The van der Waals surface area contributed by atoms with Gasteiger partial charge in [-0.15, -0.1) is 0 Å². The van der Waals surface area contributed by atoms with E-state index in [9.17, 15) is 5.11 Å². The van der Waals surface area contributed by atoms with E-state index >= 15 is 0 Å². The lowest BCUT2D eigenvalue weighted by molar-refractivity contribution is 0.169. The third-order valence-corrected chi connectivity index (χ3v) is 15.2. The molecule has 0 aliphatic heterocycles. The Morgan fingerprint density at radius 3 is 1.33 bits per heavy atom. The van der Waals surface area contributed by atoms with Crippen molar-refractivity contribution in [2.24, 2.45) is 0 Å². The lowest BCUT2D eigenvalue weighted by Crippen LogP contribution is -2.44. The number of hydrogen-bond donors (Lipinski definition) is 1. The summed E-state index contributed by atoms with van der Waals surface area (Å²) in [5, 5.41) is 10.4. The molecular weight excluding hydrogens is 368 g/mol. The highest BCUT2D eigenvalue weighted by Gasteiger charge is 2.40. The van der Waals surface area contributed by atoms with Crippen LogP contribution in [0.1, 0.15) is 66.9 Å². The third-order valence-electron chi connectivity index (χ3n) is 6.51. The van der Waals surface area contributed by atoms with E-state index in [1.54, 1.807) is 0 Å². The van der Waals surface area contributed by atoms with Crippen molar-refractivity contribution in [3.05, 3.63) is 23.8 Å². The lowest BCUT2D eigenvalue weighted by atomic mass is 9.96. The van der Waals surface area contributed by atoms with E-state index in [4.69, 9.17) is 8.85 Å². The zero-order valence-electron chi connectivity index (χ0n) is 19.7. The van der Waals surface area contributed by atoms with Gasteiger partial charge in [-0.05, 0) is 60.9 Å². The molecule has 0 heterocycles. The second-order valence-electron chi connectivity index (χ2n) is 11.0. The van der Waals surface area contributed by atoms with Gasteiger partial charge in [0.2, 0.25) is 16.6 Å². The quantitative estimate of drug-likeness (QED) is 0.516. The van der Waals surface area contributed by atoms with Crippen molar-refractivity contribution in [2.75, 3.05) is 0 Å². The van der Waals surface area contributed by atoms with Gasteiger partial charge in [0.05, 0.1) is 6.10 Å². The fourth-order valence-electron chi connectivity index (χ4n) is 2.15. The molecule has 0 radical (unpaired) electrons. The lowest BCUT2D eigenvalue weighted by Gasteiger charge is -2.38. The molecule has 0 unspecified atom stereocenters. The predicted molar refractivity (Wildman–Crippen MR) is 122 cm³/mol. The molecule has 1 N–H and O–H groups in total. The van der Waals surface area contributed by atoms with E-state index in [0.717, 1.165) is 17.1 Å². The molecule has 27 heavy (non-hydrogen) atoms. The third kappa shape index (κ3) is 6.10. The van der Waals surface area contributed by atoms with Crippen LogP contribution in [-0.4, -0.2) is 27.8 Å². The van der Waals surface area contributed by atoms with Crippen molar-refractivity contribution in [3.8, 4) is 11.5 Å². The minimum absolute atomic E-state index is 0.0229. The van der Waals surface area contributed by atoms with Crippen molar-refractivity contribution in [2.45, 2.75) is 104 Å². The zero-order chi connectivity index (χ0) is 21.4. The molecule has 0 aliphatic rings. The Morgan fingerprint density at radius 2 is 1.07 bits per heavy atom. The molecule has 1 aromatic rings. The molecule has 1 rings (SSSR count). The van der Waals surface area contributed by atoms with Gasteiger partial charge in [-0.25, -0.2) is 0 Å². The van der Waals surface area contributed by atoms with Crippen LogP contribution in [0.2, 0.25) is 36.3 Å². The van der Waals surface area contributed by atoms with Gasteiger partial charge in [0.15, 0.2) is 0 Å². The van der Waals surface area contributed by atoms with Gasteiger partial charge < -0.3 is 14.0 Å². The topological polar surface area (TPSA) is 38.7 Å². The Balaban J connectivity index is 3.38. The van der Waals surface area contributed by atoms with Crippen LogP contribution in [0.3, 0.4) is 0 Å². The number of rotatable bonds is 6. The summed E-state index contributed by atoms with van der Waals surface area (Å²) in [7, 11) is -3.91. The average molecular weight is 411 g/mol. The zero-order valence-corrected chi connectivity index (χ0v) is 21.7. The number of aliphatic hydroxyl groups is 1. The van der Waals surface area contributed by atoms with E-state index in [2.05, 4.69) is 79.9 Å². The van der Waals surface area contributed by atoms with Crippen LogP contribution in [0.25, 0.3) is 0 Å². The molecule has 0 aromatic heterocycles. The molecule has 5 heteroatoms. The first kappa shape index (κ1) is 24.3. The minimum Gasteiger partial charge on any atom is -0.543 e. The van der Waals surface area contributed by atoms with Gasteiger partial charge in [0.1, 0.15) is 11.5 Å². The van der Waals surface area contributed by atoms with Gasteiger partial charge >= 0.3 is 0 Å². The smallest absolute Gasteiger partial charge is 0.250 e. The highest BCUT2D eigenvalue weighted by atomic mass is 28.4. The summed E-state index contributed by atoms with van der Waals surface area (Å²) in [5.74, 6) is 1.75. The highest BCUT2D eigenvalue weighted by Crippen LogP contribution is 2.41. The first-order valence-corrected chi connectivity index (χ1v) is 15.9. The molecule has 0 spiro atoms. The second kappa shape index (κ2) is 7.92. The molecule has 0 aliphatic carbocycles. The van der Waals surface area contributed by atoms with Crippen molar-refractivity contribution >= 4 is 16.6 Å². The Labute approximate surface area is 169 Å². The summed E-state index contributed by atoms with van der Waals surface area (Å²) in [4.78, 5) is 0. The van der Waals surface area contributed by atoms with Crippen LogP contribution in [-0.2, 0) is 0 Å². The maximum Gasteiger partial charge on any atom is 0.250 e. The van der Waals surface area contributed by atoms with Gasteiger partial charge in [-0.2, -0.15) is 0 Å². The molecular formula is C22H42O3Si2. The van der Waals surface area contributed by atoms with Crippen molar-refractivity contribution in [3.63, 3.8) is 0 Å². The first-order valence-electron chi connectivity index (χ1n) is 10.1. The average Bonchev–Trinajstić information content (AvgIpc) is 2.42. The largest absolute Gasteiger partial charge is 0.543 e. The minimum atomic E-state index is -1.96. The molecule has 0 saturated carbocycles. The highest BCUT2D eigenvalue weighted by molar-refractivity contribution is 6.75. The molecule has 1 aromatic carbocycles. The van der Waals surface area contributed by atoms with E-state index in [0.29, 0.717) is 0 Å². The normalized spacial score (nSPS) is 16.0. The second-order valence-corrected chi connectivity index (χ2v) is 20.4. The van der Waals surface area contributed by atoms with Gasteiger partial charge in [-0.3, -0.25) is 0 Å². The Bertz CT molecular complexity index is 592. The fourth-order valence-corrected chi connectivity index (χ4v) is 4.18. The van der Waals surface area contributed by atoms with Crippen molar-refractivity contribution in [1.29, 1.82) is 0 Å². The van der Waals surface area contributed by atoms with E-state index in [1.807, 2.05) is 19.9 Å². The summed E-state index contributed by atoms with van der Waals surface area (Å²) >= 11 is 0. The fraction of sp³-hybridized carbons (Fsp3) is 0.727. The van der Waals surface area contributed by atoms with Crippen LogP contribution in [0.5, 0.6) is 11.5 Å². The summed E-state index contributed by atoms with van der Waals surface area (Å²) in [5.41, 5.74) is 1.06. The SMILES string of the molecule is C[C@@H](O)[C@@H](C)c1cc(O[Si](C)(C)C(C)(C)C)cc(O[Si](C)(C)C(C)(C)C)c1. The molecule has 0 fully saturated rings. The molecule has 156 valence electrons. The van der Waals surface area contributed by atoms with Gasteiger partial charge in [0.25, 0.3) is 0 Å². The van der Waals surface area contributed by atoms with Crippen LogP contribution >= 0.6 is 0 Å². The van der Waals surface area contributed by atoms with E-state index in [1.165, 1.54) is 0 Å². The summed E-state index contributed by atoms with van der Waals surface area (Å²) in [6, 6.07) is 6.20. The molecule has 0 amide bonds. The molecule has 0 saturated heterocycles. The van der Waals surface area contributed by atoms with E-state index < -0.39 is 22.7 Å². The van der Waals surface area contributed by atoms with Crippen LogP contribution < -0.4 is 8.85 Å². The molecule has 3 nitrogen and oxygen atoms in total. The maximum atomic E-state index is 10.1. The summed E-state index contributed by atoms with van der Waals surface area (Å²) in [6.07, 6.45) is -0.422. The predicted octanol–water partition coefficient (Wildman–Crippen LogP) is 6.94. The Kier molecular flexibility index (Phi) is 7.11. The van der Waals surface area contributed by atoms with Crippen molar-refractivity contribution in [1.82, 2.24) is 0 Å². The number of hydrogen-bond acceptors (Lipinski definition) is 3. The first-order chi connectivity index (χ1) is 11.9. The van der Waals surface area contributed by atoms with Gasteiger partial charge in [-0.1, -0.05) is 48.5 Å². The molecule has 0 bridgehead atoms. The van der Waals surface area contributed by atoms with E-state index in [-0.39, 0.29) is 16.0 Å². The Hall–Kier alpha value is -0.786. The number of aliphatic hydroxyl groups excluding tert-OH is 1. The van der Waals surface area contributed by atoms with Crippen LogP contribution in [0, 0.1) is 0 Å².